The number of amides is 1. The summed E-state index contributed by atoms with van der Waals surface area (Å²) in [6, 6.07) is -0.547. The monoisotopic (exact) mass is 351 g/mol. The van der Waals surface area contributed by atoms with Crippen LogP contribution < -0.4 is 0 Å². The molecular weight excluding hydrogens is 329 g/mol. The molecule has 0 spiro atoms. The van der Waals surface area contributed by atoms with E-state index in [0.717, 1.165) is 0 Å². The van der Waals surface area contributed by atoms with E-state index in [1.54, 1.807) is 25.8 Å². The summed E-state index contributed by atoms with van der Waals surface area (Å²) in [6.07, 6.45) is 2.36. The minimum absolute atomic E-state index is 0.0919. The Labute approximate surface area is 144 Å². The number of rotatable bonds is 6. The van der Waals surface area contributed by atoms with Crippen LogP contribution in [0.1, 0.15) is 31.1 Å². The fourth-order valence-electron chi connectivity index (χ4n) is 3.15. The lowest BCUT2D eigenvalue weighted by Crippen LogP contribution is -2.43. The molecule has 0 aromatic carbocycles. The molecule has 1 fully saturated rings. The minimum atomic E-state index is -0.922. The van der Waals surface area contributed by atoms with E-state index in [1.165, 1.54) is 17.3 Å². The Balaban J connectivity index is 1.62. The fourth-order valence-corrected chi connectivity index (χ4v) is 3.15. The van der Waals surface area contributed by atoms with Crippen LogP contribution in [0.3, 0.4) is 0 Å². The summed E-state index contributed by atoms with van der Waals surface area (Å²) in [4.78, 5) is 24.2. The first-order chi connectivity index (χ1) is 11.9. The number of halogens is 1. The van der Waals surface area contributed by atoms with Crippen molar-refractivity contribution in [1.29, 1.82) is 0 Å². The van der Waals surface area contributed by atoms with Crippen molar-refractivity contribution < 1.29 is 13.7 Å². The molecule has 0 unspecified atom stereocenters. The Morgan fingerprint density at radius 1 is 1.56 bits per heavy atom. The van der Waals surface area contributed by atoms with Gasteiger partial charge in [-0.1, -0.05) is 5.16 Å². The van der Waals surface area contributed by atoms with Gasteiger partial charge in [-0.15, -0.1) is 0 Å². The van der Waals surface area contributed by atoms with Gasteiger partial charge in [0.1, 0.15) is 24.9 Å². The van der Waals surface area contributed by atoms with Crippen molar-refractivity contribution in [3.8, 4) is 0 Å². The Bertz CT molecular complexity index is 705. The number of carbonyl (C=O) groups is 1. The van der Waals surface area contributed by atoms with Crippen LogP contribution in [0.2, 0.25) is 0 Å². The summed E-state index contributed by atoms with van der Waals surface area (Å²) in [7, 11) is 1.72. The van der Waals surface area contributed by atoms with Crippen LogP contribution in [-0.4, -0.2) is 73.0 Å². The summed E-state index contributed by atoms with van der Waals surface area (Å²) in [6.45, 7) is 4.62. The SMILES string of the molecule is Cc1nc(CN2C[C@@H](F)C[C@H]2CN(C)C(=O)[C@H](C)n2cncn2)no1. The summed E-state index contributed by atoms with van der Waals surface area (Å²) >= 11 is 0. The predicted octanol–water partition coefficient (Wildman–Crippen LogP) is 0.602. The van der Waals surface area contributed by atoms with Gasteiger partial charge >= 0.3 is 0 Å². The van der Waals surface area contributed by atoms with Crippen molar-refractivity contribution in [2.45, 2.75) is 45.1 Å². The minimum Gasteiger partial charge on any atom is -0.342 e. The molecule has 1 saturated heterocycles. The molecule has 1 amide bonds. The summed E-state index contributed by atoms with van der Waals surface area (Å²) in [5.74, 6) is 0.918. The van der Waals surface area contributed by atoms with Gasteiger partial charge in [-0.25, -0.2) is 14.1 Å². The van der Waals surface area contributed by atoms with Crippen LogP contribution in [0.15, 0.2) is 17.2 Å². The number of hydrogen-bond acceptors (Lipinski definition) is 7. The van der Waals surface area contributed by atoms with E-state index in [2.05, 4.69) is 20.2 Å². The number of aromatic nitrogens is 5. The summed E-state index contributed by atoms with van der Waals surface area (Å²) in [5.41, 5.74) is 0. The van der Waals surface area contributed by atoms with Gasteiger partial charge < -0.3 is 9.42 Å². The van der Waals surface area contributed by atoms with Crippen LogP contribution in [0, 0.1) is 6.92 Å². The average Bonchev–Trinajstić information content (AvgIpc) is 3.29. The Morgan fingerprint density at radius 3 is 3.00 bits per heavy atom. The molecule has 136 valence electrons. The summed E-state index contributed by atoms with van der Waals surface area (Å²) < 4.78 is 20.4. The predicted molar refractivity (Wildman–Crippen MR) is 85.1 cm³/mol. The Kier molecular flexibility index (Phi) is 5.07. The molecule has 0 radical (unpaired) electrons. The fraction of sp³-hybridized carbons (Fsp3) is 0.667. The smallest absolute Gasteiger partial charge is 0.247 e. The first-order valence-electron chi connectivity index (χ1n) is 8.20. The third-order valence-electron chi connectivity index (χ3n) is 4.44. The second-order valence-corrected chi connectivity index (χ2v) is 6.42. The first kappa shape index (κ1) is 17.5. The summed E-state index contributed by atoms with van der Waals surface area (Å²) in [5, 5.41) is 7.86. The van der Waals surface area contributed by atoms with Gasteiger partial charge in [0.2, 0.25) is 11.8 Å². The van der Waals surface area contributed by atoms with Crippen LogP contribution in [0.25, 0.3) is 0 Å². The largest absolute Gasteiger partial charge is 0.342 e. The van der Waals surface area contributed by atoms with E-state index in [9.17, 15) is 9.18 Å². The number of alkyl halides is 1. The van der Waals surface area contributed by atoms with Crippen molar-refractivity contribution in [1.82, 2.24) is 34.7 Å². The van der Waals surface area contributed by atoms with Gasteiger partial charge in [0.25, 0.3) is 0 Å². The van der Waals surface area contributed by atoms with E-state index in [0.29, 0.717) is 37.8 Å². The molecule has 1 aliphatic rings. The highest BCUT2D eigenvalue weighted by Gasteiger charge is 2.35. The maximum Gasteiger partial charge on any atom is 0.247 e. The lowest BCUT2D eigenvalue weighted by atomic mass is 10.2. The quantitative estimate of drug-likeness (QED) is 0.752. The van der Waals surface area contributed by atoms with Gasteiger partial charge in [0.05, 0.1) is 6.54 Å². The number of nitrogens with zero attached hydrogens (tertiary/aromatic N) is 7. The molecule has 1 aliphatic heterocycles. The lowest BCUT2D eigenvalue weighted by molar-refractivity contribution is -0.133. The number of carbonyl (C=O) groups excluding carboxylic acids is 1. The molecule has 0 saturated carbocycles. The second kappa shape index (κ2) is 7.26. The van der Waals surface area contributed by atoms with Gasteiger partial charge in [-0.2, -0.15) is 10.1 Å². The molecule has 2 aromatic heterocycles. The Hall–Kier alpha value is -2.36. The standard InChI is InChI=1S/C15H22FN7O2/c1-10(23-9-17-8-18-23)15(24)21(3)6-13-4-12(16)5-22(13)7-14-19-11(2)25-20-14/h8-10,12-13H,4-7H2,1-3H3/t10-,12-,13-/m0/s1. The van der Waals surface area contributed by atoms with Crippen LogP contribution >= 0.6 is 0 Å². The molecule has 3 rings (SSSR count). The Morgan fingerprint density at radius 2 is 2.36 bits per heavy atom. The molecule has 10 heteroatoms. The number of aryl methyl sites for hydroxylation is 1. The van der Waals surface area contributed by atoms with Crippen LogP contribution in [0.4, 0.5) is 4.39 Å². The number of likely N-dealkylation sites (N-methyl/N-ethyl adjacent to an activating group) is 1. The van der Waals surface area contributed by atoms with Crippen molar-refractivity contribution in [3.63, 3.8) is 0 Å². The zero-order chi connectivity index (χ0) is 18.0. The highest BCUT2D eigenvalue weighted by molar-refractivity contribution is 5.79. The highest BCUT2D eigenvalue weighted by atomic mass is 19.1. The van der Waals surface area contributed by atoms with Gasteiger partial charge in [-0.05, 0) is 13.3 Å². The van der Waals surface area contributed by atoms with Crippen molar-refractivity contribution in [2.24, 2.45) is 0 Å². The van der Waals surface area contributed by atoms with E-state index in [-0.39, 0.29) is 11.9 Å². The van der Waals surface area contributed by atoms with E-state index < -0.39 is 12.2 Å². The number of hydrogen-bond donors (Lipinski definition) is 0. The highest BCUT2D eigenvalue weighted by Crippen LogP contribution is 2.23. The molecule has 0 aliphatic carbocycles. The second-order valence-electron chi connectivity index (χ2n) is 6.42. The maximum atomic E-state index is 13.9. The zero-order valence-corrected chi connectivity index (χ0v) is 14.5. The number of likely N-dealkylation sites (tertiary alicyclic amines) is 1. The van der Waals surface area contributed by atoms with E-state index in [1.807, 2.05) is 4.90 Å². The molecule has 9 nitrogen and oxygen atoms in total. The molecule has 25 heavy (non-hydrogen) atoms. The average molecular weight is 351 g/mol. The topological polar surface area (TPSA) is 93.2 Å². The van der Waals surface area contributed by atoms with Gasteiger partial charge in [0.15, 0.2) is 5.82 Å². The third kappa shape index (κ3) is 4.01. The molecule has 0 bridgehead atoms. The molecule has 3 heterocycles. The molecular formula is C15H22FN7O2. The third-order valence-corrected chi connectivity index (χ3v) is 4.44. The first-order valence-corrected chi connectivity index (χ1v) is 8.20. The maximum absolute atomic E-state index is 13.9. The van der Waals surface area contributed by atoms with Gasteiger partial charge in [0, 0.05) is 33.1 Å². The molecule has 0 N–H and O–H groups in total. The normalized spacial score (nSPS) is 22.2. The van der Waals surface area contributed by atoms with Gasteiger partial charge in [-0.3, -0.25) is 9.69 Å². The van der Waals surface area contributed by atoms with Crippen molar-refractivity contribution in [3.05, 3.63) is 24.4 Å². The van der Waals surface area contributed by atoms with E-state index >= 15 is 0 Å². The molecule has 3 atom stereocenters. The van der Waals surface area contributed by atoms with E-state index in [4.69, 9.17) is 4.52 Å². The zero-order valence-electron chi connectivity index (χ0n) is 14.5. The molecule has 2 aromatic rings. The lowest BCUT2D eigenvalue weighted by Gasteiger charge is -2.29. The van der Waals surface area contributed by atoms with Crippen molar-refractivity contribution in [2.75, 3.05) is 20.1 Å². The van der Waals surface area contributed by atoms with Crippen molar-refractivity contribution >= 4 is 5.91 Å². The van der Waals surface area contributed by atoms with Crippen LogP contribution in [0.5, 0.6) is 0 Å². The van der Waals surface area contributed by atoms with Crippen LogP contribution in [-0.2, 0) is 11.3 Å².